The van der Waals surface area contributed by atoms with E-state index in [0.29, 0.717) is 13.0 Å². The first kappa shape index (κ1) is 12.3. The molecule has 1 rings (SSSR count). The number of nitrogens with zero attached hydrogens (tertiary/aromatic N) is 1. The van der Waals surface area contributed by atoms with Gasteiger partial charge in [-0.1, -0.05) is 12.5 Å². The molecule has 0 N–H and O–H groups in total. The lowest BCUT2D eigenvalue weighted by Gasteiger charge is -2.30. The van der Waals surface area contributed by atoms with E-state index < -0.39 is 0 Å². The molecule has 0 bridgehead atoms. The van der Waals surface area contributed by atoms with E-state index >= 15 is 0 Å². The van der Waals surface area contributed by atoms with Crippen LogP contribution in [0, 0.1) is 17.2 Å². The third-order valence-electron chi connectivity index (χ3n) is 3.09. The van der Waals surface area contributed by atoms with Crippen LogP contribution in [0.4, 0.5) is 0 Å². The fourth-order valence-electron chi connectivity index (χ4n) is 2.18. The van der Waals surface area contributed by atoms with Crippen LogP contribution in [0.15, 0.2) is 11.1 Å². The van der Waals surface area contributed by atoms with Gasteiger partial charge in [0.15, 0.2) is 0 Å². The van der Waals surface area contributed by atoms with Crippen LogP contribution in [-0.2, 0) is 4.74 Å². The lowest BCUT2D eigenvalue weighted by atomic mass is 9.83. The molecule has 0 aromatic heterocycles. The number of ether oxygens (including phenoxy) is 1. The number of nitriles is 1. The Morgan fingerprint density at radius 3 is 2.87 bits per heavy atom. The zero-order valence-corrected chi connectivity index (χ0v) is 10.0. The summed E-state index contributed by atoms with van der Waals surface area (Å²) >= 11 is 0. The summed E-state index contributed by atoms with van der Waals surface area (Å²) in [7, 11) is 0. The normalized spacial score (nSPS) is 26.1. The first-order valence-corrected chi connectivity index (χ1v) is 5.80. The van der Waals surface area contributed by atoms with Crippen LogP contribution >= 0.6 is 0 Å². The summed E-state index contributed by atoms with van der Waals surface area (Å²) < 4.78 is 5.79. The third-order valence-corrected chi connectivity index (χ3v) is 3.09. The van der Waals surface area contributed by atoms with Crippen LogP contribution in [0.2, 0.25) is 0 Å². The largest absolute Gasteiger partial charge is 0.373 e. The molecule has 0 saturated heterocycles. The molecule has 1 unspecified atom stereocenters. The van der Waals surface area contributed by atoms with Crippen LogP contribution in [-0.4, -0.2) is 12.7 Å². The molecule has 84 valence electrons. The molecule has 1 fully saturated rings. The van der Waals surface area contributed by atoms with Gasteiger partial charge in [-0.05, 0) is 44.6 Å². The van der Waals surface area contributed by atoms with Gasteiger partial charge >= 0.3 is 0 Å². The molecule has 2 nitrogen and oxygen atoms in total. The number of rotatable bonds is 3. The van der Waals surface area contributed by atoms with E-state index in [9.17, 15) is 0 Å². The Bertz CT molecular complexity index is 271. The van der Waals surface area contributed by atoms with E-state index in [1.807, 2.05) is 0 Å². The van der Waals surface area contributed by atoms with Crippen molar-refractivity contribution in [2.75, 3.05) is 6.61 Å². The van der Waals surface area contributed by atoms with Gasteiger partial charge in [0.2, 0.25) is 0 Å². The smallest absolute Gasteiger partial charge is 0.0790 e. The van der Waals surface area contributed by atoms with Crippen LogP contribution in [0.25, 0.3) is 0 Å². The Morgan fingerprint density at radius 1 is 1.53 bits per heavy atom. The molecule has 0 aromatic rings. The van der Waals surface area contributed by atoms with Crippen LogP contribution in [0.5, 0.6) is 0 Å². The maximum Gasteiger partial charge on any atom is 0.0790 e. The highest BCUT2D eigenvalue weighted by Crippen LogP contribution is 2.32. The van der Waals surface area contributed by atoms with Gasteiger partial charge < -0.3 is 4.74 Å². The second kappa shape index (κ2) is 5.92. The molecule has 1 aliphatic rings. The predicted octanol–water partition coefficient (Wildman–Crippen LogP) is 3.44. The topological polar surface area (TPSA) is 33.0 Å². The molecule has 0 aliphatic heterocycles. The van der Waals surface area contributed by atoms with Crippen molar-refractivity contribution in [2.24, 2.45) is 5.92 Å². The minimum Gasteiger partial charge on any atom is -0.373 e. The van der Waals surface area contributed by atoms with Crippen molar-refractivity contribution in [1.29, 1.82) is 5.26 Å². The molecule has 0 heterocycles. The number of allylic oxidation sites excluding steroid dienone is 1. The molecule has 1 saturated carbocycles. The average molecular weight is 207 g/mol. The zero-order valence-electron chi connectivity index (χ0n) is 10.0. The minimum absolute atomic E-state index is 0.270. The quantitative estimate of drug-likeness (QED) is 0.524. The van der Waals surface area contributed by atoms with E-state index in [4.69, 9.17) is 10.00 Å². The highest BCUT2D eigenvalue weighted by molar-refractivity contribution is 5.17. The van der Waals surface area contributed by atoms with E-state index in [0.717, 1.165) is 12.3 Å². The standard InChI is InChI=1S/C13H21NO/c1-10(2)12-6-5-11(3)9-13(12)15-8-4-7-14/h11,13H,4-6,8-9H2,1-3H3/t11-,13?/m1/s1. The summed E-state index contributed by atoms with van der Waals surface area (Å²) in [5.41, 5.74) is 2.86. The van der Waals surface area contributed by atoms with Crippen molar-refractivity contribution in [3.63, 3.8) is 0 Å². The monoisotopic (exact) mass is 207 g/mol. The van der Waals surface area contributed by atoms with E-state index in [1.165, 1.54) is 24.0 Å². The van der Waals surface area contributed by atoms with Gasteiger partial charge in [0.25, 0.3) is 0 Å². The van der Waals surface area contributed by atoms with Gasteiger partial charge in [0.1, 0.15) is 0 Å². The molecule has 1 aliphatic carbocycles. The Labute approximate surface area is 92.9 Å². The van der Waals surface area contributed by atoms with Crippen molar-refractivity contribution in [3.05, 3.63) is 11.1 Å². The van der Waals surface area contributed by atoms with Crippen molar-refractivity contribution in [1.82, 2.24) is 0 Å². The Kier molecular flexibility index (Phi) is 4.84. The van der Waals surface area contributed by atoms with Gasteiger partial charge in [-0.2, -0.15) is 5.26 Å². The third kappa shape index (κ3) is 3.68. The lowest BCUT2D eigenvalue weighted by molar-refractivity contribution is 0.0513. The second-order valence-corrected chi connectivity index (χ2v) is 4.67. The van der Waals surface area contributed by atoms with Gasteiger partial charge in [0, 0.05) is 0 Å². The minimum atomic E-state index is 0.270. The lowest BCUT2D eigenvalue weighted by Crippen LogP contribution is -2.25. The number of hydrogen-bond donors (Lipinski definition) is 0. The van der Waals surface area contributed by atoms with Gasteiger partial charge in [-0.25, -0.2) is 0 Å². The van der Waals surface area contributed by atoms with Crippen molar-refractivity contribution >= 4 is 0 Å². The van der Waals surface area contributed by atoms with Crippen molar-refractivity contribution in [3.8, 4) is 6.07 Å². The second-order valence-electron chi connectivity index (χ2n) is 4.67. The number of hydrogen-bond acceptors (Lipinski definition) is 2. The molecule has 0 amide bonds. The Balaban J connectivity index is 2.56. The fourth-order valence-corrected chi connectivity index (χ4v) is 2.18. The molecular formula is C13H21NO. The van der Waals surface area contributed by atoms with E-state index in [1.54, 1.807) is 0 Å². The Hall–Kier alpha value is -0.810. The SMILES string of the molecule is CC(C)=C1CC[C@@H](C)CC1OCCC#N. The van der Waals surface area contributed by atoms with Crippen molar-refractivity contribution < 1.29 is 4.74 Å². The van der Waals surface area contributed by atoms with E-state index in [2.05, 4.69) is 26.8 Å². The summed E-state index contributed by atoms with van der Waals surface area (Å²) in [5.74, 6) is 0.750. The van der Waals surface area contributed by atoms with Crippen LogP contribution in [0.3, 0.4) is 0 Å². The molecule has 0 aromatic carbocycles. The first-order valence-electron chi connectivity index (χ1n) is 5.80. The summed E-state index contributed by atoms with van der Waals surface area (Å²) in [6.07, 6.45) is 4.33. The average Bonchev–Trinajstić information content (AvgIpc) is 2.18. The predicted molar refractivity (Wildman–Crippen MR) is 61.4 cm³/mol. The van der Waals surface area contributed by atoms with Gasteiger partial charge in [0.05, 0.1) is 25.2 Å². The van der Waals surface area contributed by atoms with Crippen molar-refractivity contribution in [2.45, 2.75) is 52.6 Å². The summed E-state index contributed by atoms with van der Waals surface area (Å²) in [5, 5.41) is 8.48. The summed E-state index contributed by atoms with van der Waals surface area (Å²) in [4.78, 5) is 0. The molecule has 2 heteroatoms. The maximum atomic E-state index is 8.48. The molecule has 2 atom stereocenters. The Morgan fingerprint density at radius 2 is 2.27 bits per heavy atom. The summed E-state index contributed by atoms with van der Waals surface area (Å²) in [6.45, 7) is 7.17. The highest BCUT2D eigenvalue weighted by atomic mass is 16.5. The molecular weight excluding hydrogens is 186 g/mol. The van der Waals surface area contributed by atoms with Crippen LogP contribution < -0.4 is 0 Å². The van der Waals surface area contributed by atoms with Crippen LogP contribution in [0.1, 0.15) is 46.5 Å². The molecule has 0 spiro atoms. The van der Waals surface area contributed by atoms with Gasteiger partial charge in [-0.15, -0.1) is 0 Å². The first-order chi connectivity index (χ1) is 7.15. The maximum absolute atomic E-state index is 8.48. The molecule has 15 heavy (non-hydrogen) atoms. The van der Waals surface area contributed by atoms with Gasteiger partial charge in [-0.3, -0.25) is 0 Å². The fraction of sp³-hybridized carbons (Fsp3) is 0.769. The zero-order chi connectivity index (χ0) is 11.3. The van der Waals surface area contributed by atoms with E-state index in [-0.39, 0.29) is 6.10 Å². The molecule has 0 radical (unpaired) electrons. The highest BCUT2D eigenvalue weighted by Gasteiger charge is 2.24. The summed E-state index contributed by atoms with van der Waals surface area (Å²) in [6, 6.07) is 2.12.